The Morgan fingerprint density at radius 1 is 1.22 bits per heavy atom. The van der Waals surface area contributed by atoms with Gasteiger partial charge >= 0.3 is 0 Å². The molecule has 0 heterocycles. The van der Waals surface area contributed by atoms with Crippen molar-refractivity contribution >= 4 is 10.0 Å². The van der Waals surface area contributed by atoms with Gasteiger partial charge in [-0.05, 0) is 37.1 Å². The summed E-state index contributed by atoms with van der Waals surface area (Å²) in [7, 11) is -3.46. The summed E-state index contributed by atoms with van der Waals surface area (Å²) >= 11 is 0. The maximum absolute atomic E-state index is 11.9. The summed E-state index contributed by atoms with van der Waals surface area (Å²) in [6.07, 6.45) is 2.37. The predicted octanol–water partition coefficient (Wildman–Crippen LogP) is 0.589. The molecule has 0 unspecified atom stereocenters. The molecule has 5 nitrogen and oxygen atoms in total. The minimum absolute atomic E-state index is 0.188. The van der Waals surface area contributed by atoms with Crippen LogP contribution in [0.15, 0.2) is 29.2 Å². The van der Waals surface area contributed by atoms with Crippen LogP contribution >= 0.6 is 0 Å². The van der Waals surface area contributed by atoms with Gasteiger partial charge in [-0.2, -0.15) is 5.26 Å². The quantitative estimate of drug-likeness (QED) is 0.737. The third kappa shape index (κ3) is 3.53. The molecule has 18 heavy (non-hydrogen) atoms. The van der Waals surface area contributed by atoms with Gasteiger partial charge in [-0.1, -0.05) is 0 Å². The molecule has 0 radical (unpaired) electrons. The van der Waals surface area contributed by atoms with Crippen molar-refractivity contribution in [3.05, 3.63) is 29.8 Å². The van der Waals surface area contributed by atoms with E-state index in [9.17, 15) is 8.42 Å². The Kier molecular flexibility index (Phi) is 3.97. The Balaban J connectivity index is 1.89. The Morgan fingerprint density at radius 3 is 2.44 bits per heavy atom. The molecule has 1 aliphatic carbocycles. The molecule has 0 spiro atoms. The van der Waals surface area contributed by atoms with Crippen LogP contribution in [0.1, 0.15) is 18.4 Å². The molecule has 1 saturated carbocycles. The van der Waals surface area contributed by atoms with E-state index in [1.54, 1.807) is 0 Å². The number of benzene rings is 1. The zero-order valence-corrected chi connectivity index (χ0v) is 10.7. The molecule has 0 aliphatic heterocycles. The zero-order chi connectivity index (χ0) is 13.0. The van der Waals surface area contributed by atoms with Gasteiger partial charge in [-0.15, -0.1) is 0 Å². The van der Waals surface area contributed by atoms with Crippen molar-refractivity contribution in [2.45, 2.75) is 23.8 Å². The normalized spacial score (nSPS) is 15.3. The average Bonchev–Trinajstić information content (AvgIpc) is 3.19. The third-order valence-corrected chi connectivity index (χ3v) is 4.20. The minimum atomic E-state index is -3.46. The predicted molar refractivity (Wildman–Crippen MR) is 67.4 cm³/mol. The van der Waals surface area contributed by atoms with Crippen LogP contribution in [0.2, 0.25) is 0 Å². The van der Waals surface area contributed by atoms with Crippen molar-refractivity contribution < 1.29 is 8.42 Å². The molecule has 1 aromatic carbocycles. The van der Waals surface area contributed by atoms with Crippen LogP contribution in [-0.4, -0.2) is 27.5 Å². The molecule has 1 aliphatic rings. The lowest BCUT2D eigenvalue weighted by molar-refractivity contribution is 0.575. The standard InChI is InChI=1S/C12H15N3O2S/c13-9-10-1-5-12(6-2-10)18(16,17)15-8-7-14-11-3-4-11/h1-2,5-6,11,14-15H,3-4,7-8H2. The molecule has 6 heteroatoms. The summed E-state index contributed by atoms with van der Waals surface area (Å²) in [6.45, 7) is 1.01. The highest BCUT2D eigenvalue weighted by atomic mass is 32.2. The van der Waals surface area contributed by atoms with Crippen molar-refractivity contribution in [2.24, 2.45) is 0 Å². The van der Waals surface area contributed by atoms with Crippen LogP contribution in [0.5, 0.6) is 0 Å². The number of nitrogens with zero attached hydrogens (tertiary/aromatic N) is 1. The average molecular weight is 265 g/mol. The van der Waals surface area contributed by atoms with Gasteiger partial charge < -0.3 is 5.32 Å². The van der Waals surface area contributed by atoms with E-state index in [2.05, 4.69) is 10.0 Å². The van der Waals surface area contributed by atoms with Gasteiger partial charge in [-0.3, -0.25) is 0 Å². The Labute approximate surface area is 107 Å². The van der Waals surface area contributed by atoms with Crippen LogP contribution in [0.4, 0.5) is 0 Å². The smallest absolute Gasteiger partial charge is 0.240 e. The molecule has 0 amide bonds. The van der Waals surface area contributed by atoms with Gasteiger partial charge in [-0.25, -0.2) is 13.1 Å². The van der Waals surface area contributed by atoms with E-state index in [1.807, 2.05) is 6.07 Å². The first-order valence-electron chi connectivity index (χ1n) is 5.85. The molecule has 96 valence electrons. The molecule has 1 fully saturated rings. The van der Waals surface area contributed by atoms with Gasteiger partial charge in [0.1, 0.15) is 0 Å². The first-order valence-corrected chi connectivity index (χ1v) is 7.33. The van der Waals surface area contributed by atoms with E-state index in [-0.39, 0.29) is 4.90 Å². The molecule has 0 bridgehead atoms. The highest BCUT2D eigenvalue weighted by molar-refractivity contribution is 7.89. The van der Waals surface area contributed by atoms with Crippen LogP contribution in [0.3, 0.4) is 0 Å². The molecule has 0 saturated heterocycles. The highest BCUT2D eigenvalue weighted by Crippen LogP contribution is 2.17. The van der Waals surface area contributed by atoms with Crippen molar-refractivity contribution in [1.82, 2.24) is 10.0 Å². The van der Waals surface area contributed by atoms with Crippen LogP contribution in [0, 0.1) is 11.3 Å². The lowest BCUT2D eigenvalue weighted by Crippen LogP contribution is -2.32. The molecule has 0 atom stereocenters. The zero-order valence-electron chi connectivity index (χ0n) is 9.89. The highest BCUT2D eigenvalue weighted by Gasteiger charge is 2.20. The van der Waals surface area contributed by atoms with Gasteiger partial charge in [0.05, 0.1) is 16.5 Å². The first kappa shape index (κ1) is 13.0. The van der Waals surface area contributed by atoms with E-state index in [1.165, 1.54) is 37.1 Å². The summed E-state index contributed by atoms with van der Waals surface area (Å²) in [5.74, 6) is 0. The second-order valence-electron chi connectivity index (χ2n) is 4.26. The number of hydrogen-bond donors (Lipinski definition) is 2. The lowest BCUT2D eigenvalue weighted by Gasteiger charge is -2.07. The molecule has 2 N–H and O–H groups in total. The maximum Gasteiger partial charge on any atom is 0.240 e. The minimum Gasteiger partial charge on any atom is -0.313 e. The number of hydrogen-bond acceptors (Lipinski definition) is 4. The Morgan fingerprint density at radius 2 is 1.89 bits per heavy atom. The van der Waals surface area contributed by atoms with E-state index in [0.29, 0.717) is 24.7 Å². The van der Waals surface area contributed by atoms with Gasteiger partial charge in [0.2, 0.25) is 10.0 Å². The number of nitrogens with one attached hydrogen (secondary N) is 2. The topological polar surface area (TPSA) is 82.0 Å². The van der Waals surface area contributed by atoms with Crippen molar-refractivity contribution in [2.75, 3.05) is 13.1 Å². The summed E-state index contributed by atoms with van der Waals surface area (Å²) < 4.78 is 26.3. The van der Waals surface area contributed by atoms with Crippen molar-refractivity contribution in [1.29, 1.82) is 5.26 Å². The number of nitriles is 1. The van der Waals surface area contributed by atoms with E-state index < -0.39 is 10.0 Å². The van der Waals surface area contributed by atoms with Crippen molar-refractivity contribution in [3.63, 3.8) is 0 Å². The third-order valence-electron chi connectivity index (χ3n) is 2.72. The van der Waals surface area contributed by atoms with Gasteiger partial charge in [0.25, 0.3) is 0 Å². The van der Waals surface area contributed by atoms with E-state index in [0.717, 1.165) is 0 Å². The fourth-order valence-electron chi connectivity index (χ4n) is 1.54. The summed E-state index contributed by atoms with van der Waals surface area (Å²) in [5.41, 5.74) is 0.448. The van der Waals surface area contributed by atoms with Crippen LogP contribution in [0.25, 0.3) is 0 Å². The Bertz CT molecular complexity index is 542. The molecule has 2 rings (SSSR count). The molecule has 0 aromatic heterocycles. The van der Waals surface area contributed by atoms with Crippen LogP contribution in [-0.2, 0) is 10.0 Å². The van der Waals surface area contributed by atoms with Gasteiger partial charge in [0, 0.05) is 19.1 Å². The van der Waals surface area contributed by atoms with E-state index >= 15 is 0 Å². The lowest BCUT2D eigenvalue weighted by atomic mass is 10.2. The summed E-state index contributed by atoms with van der Waals surface area (Å²) in [4.78, 5) is 0.188. The second-order valence-corrected chi connectivity index (χ2v) is 6.03. The summed E-state index contributed by atoms with van der Waals surface area (Å²) in [6, 6.07) is 8.40. The SMILES string of the molecule is N#Cc1ccc(S(=O)(=O)NCCNC2CC2)cc1. The van der Waals surface area contributed by atoms with Crippen LogP contribution < -0.4 is 10.0 Å². The fraction of sp³-hybridized carbons (Fsp3) is 0.417. The van der Waals surface area contributed by atoms with Gasteiger partial charge in [0.15, 0.2) is 0 Å². The number of sulfonamides is 1. The monoisotopic (exact) mass is 265 g/mol. The maximum atomic E-state index is 11.9. The Hall–Kier alpha value is -1.42. The molecule has 1 aromatic rings. The fourth-order valence-corrected chi connectivity index (χ4v) is 2.57. The van der Waals surface area contributed by atoms with E-state index in [4.69, 9.17) is 5.26 Å². The summed E-state index contributed by atoms with van der Waals surface area (Å²) in [5, 5.41) is 11.9. The second kappa shape index (κ2) is 5.48. The molecular formula is C12H15N3O2S. The first-order chi connectivity index (χ1) is 8.62. The van der Waals surface area contributed by atoms with Crippen molar-refractivity contribution in [3.8, 4) is 6.07 Å². The molecular weight excluding hydrogens is 250 g/mol. The number of rotatable bonds is 6. The largest absolute Gasteiger partial charge is 0.313 e.